The Balaban J connectivity index is 2.02. The van der Waals surface area contributed by atoms with Gasteiger partial charge in [0.2, 0.25) is 5.91 Å². The number of benzene rings is 1. The summed E-state index contributed by atoms with van der Waals surface area (Å²) in [4.78, 5) is 15.3. The van der Waals surface area contributed by atoms with Crippen LogP contribution in [-0.2, 0) is 23.7 Å². The summed E-state index contributed by atoms with van der Waals surface area (Å²) < 4.78 is 63.5. The predicted octanol–water partition coefficient (Wildman–Crippen LogP) is 2.32. The Morgan fingerprint density at radius 2 is 1.96 bits per heavy atom. The van der Waals surface area contributed by atoms with E-state index in [1.807, 2.05) is 0 Å². The molecule has 0 saturated carbocycles. The summed E-state index contributed by atoms with van der Waals surface area (Å²) in [6, 6.07) is 3.81. The topological polar surface area (TPSA) is 70.7 Å². The summed E-state index contributed by atoms with van der Waals surface area (Å²) in [5, 5.41) is 8.42. The number of aromatic amines is 1. The Bertz CT molecular complexity index is 669. The first kappa shape index (κ1) is 16.8. The number of rotatable bonds is 5. The second kappa shape index (κ2) is 6.31. The summed E-state index contributed by atoms with van der Waals surface area (Å²) >= 11 is 0. The zero-order chi connectivity index (χ0) is 17.1. The minimum atomic E-state index is -5.68. The van der Waals surface area contributed by atoms with Crippen LogP contribution in [0.15, 0.2) is 30.6 Å². The van der Waals surface area contributed by atoms with Gasteiger partial charge in [0.25, 0.3) is 0 Å². The van der Waals surface area contributed by atoms with Crippen molar-refractivity contribution in [2.75, 3.05) is 0 Å². The number of halogens is 5. The highest BCUT2D eigenvalue weighted by molar-refractivity contribution is 5.77. The molecule has 124 valence electrons. The summed E-state index contributed by atoms with van der Waals surface area (Å²) in [7, 11) is 0. The number of hydrogen-bond donors (Lipinski definition) is 2. The smallest absolute Gasteiger partial charge is 0.352 e. The van der Waals surface area contributed by atoms with Gasteiger partial charge in [-0.1, -0.05) is 18.2 Å². The van der Waals surface area contributed by atoms with E-state index in [4.69, 9.17) is 0 Å². The van der Waals surface area contributed by atoms with Crippen LogP contribution in [0.5, 0.6) is 0 Å². The van der Waals surface area contributed by atoms with Crippen LogP contribution < -0.4 is 5.32 Å². The predicted molar refractivity (Wildman–Crippen MR) is 68.3 cm³/mol. The van der Waals surface area contributed by atoms with Crippen molar-refractivity contribution in [2.45, 2.75) is 25.1 Å². The van der Waals surface area contributed by atoms with Crippen LogP contribution >= 0.6 is 0 Å². The fourth-order valence-electron chi connectivity index (χ4n) is 1.77. The van der Waals surface area contributed by atoms with E-state index < -0.39 is 23.6 Å². The first-order valence-corrected chi connectivity index (χ1v) is 6.35. The van der Waals surface area contributed by atoms with Crippen molar-refractivity contribution in [3.8, 4) is 0 Å². The number of alkyl halides is 5. The number of nitrogens with zero attached hydrogens (tertiary/aromatic N) is 2. The number of H-pyrrole nitrogens is 1. The number of aromatic nitrogens is 3. The molecule has 1 amide bonds. The number of carbonyl (C=O) groups excluding carboxylic acids is 1. The molecular formula is C13H11F5N4O. The van der Waals surface area contributed by atoms with Crippen molar-refractivity contribution in [1.29, 1.82) is 0 Å². The highest BCUT2D eigenvalue weighted by Gasteiger charge is 2.58. The Morgan fingerprint density at radius 1 is 1.22 bits per heavy atom. The van der Waals surface area contributed by atoms with E-state index >= 15 is 0 Å². The largest absolute Gasteiger partial charge is 0.458 e. The lowest BCUT2D eigenvalue weighted by Gasteiger charge is -2.20. The van der Waals surface area contributed by atoms with E-state index in [1.165, 1.54) is 12.4 Å². The molecule has 0 bridgehead atoms. The van der Waals surface area contributed by atoms with E-state index in [-0.39, 0.29) is 18.5 Å². The molecule has 0 fully saturated rings. The first-order chi connectivity index (χ1) is 10.7. The minimum absolute atomic E-state index is 0.113. The van der Waals surface area contributed by atoms with Crippen LogP contribution in [0.2, 0.25) is 0 Å². The van der Waals surface area contributed by atoms with Gasteiger partial charge in [0.1, 0.15) is 12.2 Å². The normalized spacial score (nSPS) is 12.2. The number of amides is 1. The van der Waals surface area contributed by atoms with Gasteiger partial charge in [0.15, 0.2) is 0 Å². The fraction of sp³-hybridized carbons (Fsp3) is 0.308. The maximum absolute atomic E-state index is 13.3. The van der Waals surface area contributed by atoms with Gasteiger partial charge in [0, 0.05) is 12.1 Å². The Morgan fingerprint density at radius 3 is 2.57 bits per heavy atom. The van der Waals surface area contributed by atoms with E-state index in [0.717, 1.165) is 6.07 Å². The Kier molecular flexibility index (Phi) is 4.62. The first-order valence-electron chi connectivity index (χ1n) is 6.35. The molecule has 0 aliphatic carbocycles. The number of hydrogen-bond acceptors (Lipinski definition) is 3. The highest BCUT2D eigenvalue weighted by Crippen LogP contribution is 2.43. The van der Waals surface area contributed by atoms with E-state index in [2.05, 4.69) is 20.5 Å². The molecule has 0 saturated heterocycles. The van der Waals surface area contributed by atoms with Crippen LogP contribution in [0, 0.1) is 0 Å². The summed E-state index contributed by atoms with van der Waals surface area (Å²) in [6.45, 7) is -0.186. The molecule has 23 heavy (non-hydrogen) atoms. The van der Waals surface area contributed by atoms with Crippen molar-refractivity contribution in [3.63, 3.8) is 0 Å². The summed E-state index contributed by atoms with van der Waals surface area (Å²) in [5.74, 6) is -5.12. The molecule has 0 aliphatic heterocycles. The van der Waals surface area contributed by atoms with Gasteiger partial charge in [-0.15, -0.1) is 0 Å². The van der Waals surface area contributed by atoms with Crippen LogP contribution in [0.3, 0.4) is 0 Å². The van der Waals surface area contributed by atoms with Crippen LogP contribution in [0.1, 0.15) is 17.0 Å². The lowest BCUT2D eigenvalue weighted by atomic mass is 10.0. The van der Waals surface area contributed by atoms with E-state index in [1.54, 1.807) is 0 Å². The maximum Gasteiger partial charge on any atom is 0.458 e. The molecule has 0 aliphatic rings. The van der Waals surface area contributed by atoms with Crippen molar-refractivity contribution < 1.29 is 26.7 Å². The zero-order valence-corrected chi connectivity index (χ0v) is 11.5. The second-order valence-corrected chi connectivity index (χ2v) is 4.66. The lowest BCUT2D eigenvalue weighted by molar-refractivity contribution is -0.289. The highest BCUT2D eigenvalue weighted by atomic mass is 19.4. The second-order valence-electron chi connectivity index (χ2n) is 4.66. The van der Waals surface area contributed by atoms with Crippen LogP contribution in [0.25, 0.3) is 0 Å². The minimum Gasteiger partial charge on any atom is -0.352 e. The van der Waals surface area contributed by atoms with E-state index in [9.17, 15) is 26.7 Å². The lowest BCUT2D eigenvalue weighted by Crippen LogP contribution is -2.33. The van der Waals surface area contributed by atoms with Gasteiger partial charge in [0.05, 0.1) is 6.42 Å². The molecule has 0 unspecified atom stereocenters. The van der Waals surface area contributed by atoms with Crippen molar-refractivity contribution in [3.05, 3.63) is 47.5 Å². The molecule has 2 rings (SSSR count). The molecule has 2 aromatic rings. The average Bonchev–Trinajstić information content (AvgIpc) is 2.97. The molecule has 1 heterocycles. The molecule has 2 N–H and O–H groups in total. The molecule has 1 aromatic carbocycles. The molecule has 1 aromatic heterocycles. The number of carbonyl (C=O) groups is 1. The summed E-state index contributed by atoms with van der Waals surface area (Å²) in [6.07, 6.45) is -4.58. The van der Waals surface area contributed by atoms with Gasteiger partial charge in [-0.05, 0) is 11.6 Å². The van der Waals surface area contributed by atoms with Crippen LogP contribution in [-0.4, -0.2) is 27.3 Å². The average molecular weight is 334 g/mol. The molecule has 5 nitrogen and oxygen atoms in total. The Hall–Kier alpha value is -2.52. The third-order valence-corrected chi connectivity index (χ3v) is 2.93. The molecule has 10 heteroatoms. The molecule has 0 radical (unpaired) electrons. The fourth-order valence-corrected chi connectivity index (χ4v) is 1.77. The molecular weight excluding hydrogens is 323 g/mol. The van der Waals surface area contributed by atoms with Gasteiger partial charge in [-0.2, -0.15) is 27.1 Å². The van der Waals surface area contributed by atoms with Gasteiger partial charge in [-0.25, -0.2) is 4.98 Å². The van der Waals surface area contributed by atoms with Crippen LogP contribution in [0.4, 0.5) is 22.0 Å². The van der Waals surface area contributed by atoms with Crippen molar-refractivity contribution in [2.24, 2.45) is 0 Å². The molecule has 0 spiro atoms. The third-order valence-electron chi connectivity index (χ3n) is 2.93. The SMILES string of the molecule is O=C(Cc1ncn[nH]1)NCc1cccc(C(F)(F)C(F)(F)F)c1. The molecule has 0 atom stereocenters. The summed E-state index contributed by atoms with van der Waals surface area (Å²) in [5.41, 5.74) is -1.05. The number of nitrogens with one attached hydrogen (secondary N) is 2. The third kappa shape index (κ3) is 4.02. The van der Waals surface area contributed by atoms with Crippen molar-refractivity contribution >= 4 is 5.91 Å². The van der Waals surface area contributed by atoms with E-state index in [0.29, 0.717) is 18.0 Å². The van der Waals surface area contributed by atoms with Gasteiger partial charge in [-0.3, -0.25) is 9.89 Å². The monoisotopic (exact) mass is 334 g/mol. The standard InChI is InChI=1S/C13H11F5N4O/c14-12(15,13(16,17)18)9-3-1-2-8(4-9)6-19-11(23)5-10-20-7-21-22-10/h1-4,7H,5-6H2,(H,19,23)(H,20,21,22). The maximum atomic E-state index is 13.3. The van der Waals surface area contributed by atoms with Crippen molar-refractivity contribution in [1.82, 2.24) is 20.5 Å². The Labute approximate surface area is 126 Å². The van der Waals surface area contributed by atoms with Gasteiger partial charge < -0.3 is 5.32 Å². The zero-order valence-electron chi connectivity index (χ0n) is 11.5. The van der Waals surface area contributed by atoms with Gasteiger partial charge >= 0.3 is 12.1 Å². The quantitative estimate of drug-likeness (QED) is 0.825.